The van der Waals surface area contributed by atoms with Crippen LogP contribution in [0.25, 0.3) is 0 Å². The number of rotatable bonds is 5. The Kier molecular flexibility index (Phi) is 4.75. The average molecular weight is 317 g/mol. The van der Waals surface area contributed by atoms with E-state index in [0.29, 0.717) is 5.75 Å². The number of anilines is 1. The molecular weight excluding hydrogens is 302 g/mol. The standard InChI is InChI=1S/C15H15N3O5/c1-10-3-6-15(20)17(8-10)9-14(19)16-12-5-4-11(23-2)7-13(12)18(21)22/h3-8H,9H2,1-2H3,(H,16,19). The van der Waals surface area contributed by atoms with Gasteiger partial charge in [0.25, 0.3) is 11.2 Å². The summed E-state index contributed by atoms with van der Waals surface area (Å²) >= 11 is 0. The molecule has 8 heteroatoms. The molecule has 1 heterocycles. The molecule has 0 unspecified atom stereocenters. The SMILES string of the molecule is COc1ccc(NC(=O)Cn2cc(C)ccc2=O)c([N+](=O)[O-])c1. The lowest BCUT2D eigenvalue weighted by Crippen LogP contribution is -2.27. The van der Waals surface area contributed by atoms with Crippen LogP contribution in [0.4, 0.5) is 11.4 Å². The molecule has 120 valence electrons. The van der Waals surface area contributed by atoms with Crippen molar-refractivity contribution in [3.05, 3.63) is 62.6 Å². The van der Waals surface area contributed by atoms with Crippen LogP contribution in [0, 0.1) is 17.0 Å². The van der Waals surface area contributed by atoms with E-state index in [1.54, 1.807) is 19.2 Å². The van der Waals surface area contributed by atoms with Gasteiger partial charge in [-0.3, -0.25) is 19.7 Å². The fourth-order valence-corrected chi connectivity index (χ4v) is 2.01. The van der Waals surface area contributed by atoms with E-state index >= 15 is 0 Å². The molecule has 1 N–H and O–H groups in total. The number of aryl methyl sites for hydroxylation is 1. The van der Waals surface area contributed by atoms with Crippen molar-refractivity contribution in [3.63, 3.8) is 0 Å². The number of carbonyl (C=O) groups is 1. The molecule has 0 aliphatic heterocycles. The second-order valence-corrected chi connectivity index (χ2v) is 4.86. The first kappa shape index (κ1) is 16.2. The number of nitrogens with zero attached hydrogens (tertiary/aromatic N) is 2. The summed E-state index contributed by atoms with van der Waals surface area (Å²) in [4.78, 5) is 34.2. The number of nitro benzene ring substituents is 1. The predicted molar refractivity (Wildman–Crippen MR) is 83.7 cm³/mol. The molecule has 0 saturated carbocycles. The fraction of sp³-hybridized carbons (Fsp3) is 0.200. The number of nitrogens with one attached hydrogen (secondary N) is 1. The third-order valence-electron chi connectivity index (χ3n) is 3.12. The highest BCUT2D eigenvalue weighted by atomic mass is 16.6. The third-order valence-corrected chi connectivity index (χ3v) is 3.12. The van der Waals surface area contributed by atoms with Crippen molar-refractivity contribution in [2.24, 2.45) is 0 Å². The molecule has 2 rings (SSSR count). The summed E-state index contributed by atoms with van der Waals surface area (Å²) in [5.74, 6) is -0.226. The summed E-state index contributed by atoms with van der Waals surface area (Å²) in [6, 6.07) is 7.10. The Balaban J connectivity index is 2.22. The lowest BCUT2D eigenvalue weighted by molar-refractivity contribution is -0.384. The summed E-state index contributed by atoms with van der Waals surface area (Å²) in [6.45, 7) is 1.56. The first-order chi connectivity index (χ1) is 10.9. The molecule has 0 spiro atoms. The first-order valence-corrected chi connectivity index (χ1v) is 6.70. The number of carbonyl (C=O) groups excluding carboxylic acids is 1. The zero-order valence-corrected chi connectivity index (χ0v) is 12.6. The smallest absolute Gasteiger partial charge is 0.296 e. The van der Waals surface area contributed by atoms with Crippen molar-refractivity contribution in [1.29, 1.82) is 0 Å². The summed E-state index contributed by atoms with van der Waals surface area (Å²) in [5, 5.41) is 13.5. The van der Waals surface area contributed by atoms with Crippen LogP contribution >= 0.6 is 0 Å². The van der Waals surface area contributed by atoms with Gasteiger partial charge in [0.2, 0.25) is 5.91 Å². The Bertz CT molecular complexity index is 813. The minimum Gasteiger partial charge on any atom is -0.496 e. The molecule has 0 fully saturated rings. The number of nitro groups is 1. The minimum absolute atomic E-state index is 0.0431. The zero-order chi connectivity index (χ0) is 17.0. The van der Waals surface area contributed by atoms with E-state index < -0.39 is 10.8 Å². The molecule has 0 radical (unpaired) electrons. The van der Waals surface area contributed by atoms with Crippen molar-refractivity contribution in [2.45, 2.75) is 13.5 Å². The van der Waals surface area contributed by atoms with E-state index in [1.165, 1.54) is 35.9 Å². The molecule has 1 aromatic heterocycles. The van der Waals surface area contributed by atoms with E-state index in [-0.39, 0.29) is 23.5 Å². The number of ether oxygens (including phenoxy) is 1. The number of hydrogen-bond acceptors (Lipinski definition) is 5. The molecule has 0 atom stereocenters. The number of methoxy groups -OCH3 is 1. The molecular formula is C15H15N3O5. The summed E-state index contributed by atoms with van der Waals surface area (Å²) < 4.78 is 6.16. The molecule has 8 nitrogen and oxygen atoms in total. The summed E-state index contributed by atoms with van der Waals surface area (Å²) in [5.41, 5.74) is 0.263. The van der Waals surface area contributed by atoms with E-state index in [2.05, 4.69) is 5.32 Å². The van der Waals surface area contributed by atoms with Gasteiger partial charge in [-0.25, -0.2) is 0 Å². The van der Waals surface area contributed by atoms with Gasteiger partial charge in [-0.1, -0.05) is 6.07 Å². The molecule has 1 amide bonds. The van der Waals surface area contributed by atoms with Crippen LogP contribution < -0.4 is 15.6 Å². The van der Waals surface area contributed by atoms with E-state index in [0.717, 1.165) is 5.56 Å². The van der Waals surface area contributed by atoms with E-state index in [4.69, 9.17) is 4.74 Å². The Morgan fingerprint density at radius 3 is 2.74 bits per heavy atom. The van der Waals surface area contributed by atoms with Gasteiger partial charge in [-0.15, -0.1) is 0 Å². The first-order valence-electron chi connectivity index (χ1n) is 6.70. The maximum Gasteiger partial charge on any atom is 0.296 e. The third kappa shape index (κ3) is 3.94. The number of benzene rings is 1. The molecule has 2 aromatic rings. The molecule has 0 aliphatic rings. The Morgan fingerprint density at radius 2 is 2.09 bits per heavy atom. The van der Waals surface area contributed by atoms with Crippen molar-refractivity contribution in [3.8, 4) is 5.75 Å². The summed E-state index contributed by atoms with van der Waals surface area (Å²) in [7, 11) is 1.39. The fourth-order valence-electron chi connectivity index (χ4n) is 2.01. The quantitative estimate of drug-likeness (QED) is 0.668. The van der Waals surface area contributed by atoms with Crippen molar-refractivity contribution >= 4 is 17.3 Å². The number of pyridine rings is 1. The van der Waals surface area contributed by atoms with Gasteiger partial charge in [0.1, 0.15) is 18.0 Å². The molecule has 0 saturated heterocycles. The van der Waals surface area contributed by atoms with E-state index in [1.807, 2.05) is 0 Å². The average Bonchev–Trinajstić information content (AvgIpc) is 2.51. The van der Waals surface area contributed by atoms with Crippen LogP contribution in [0.15, 0.2) is 41.3 Å². The molecule has 0 bridgehead atoms. The van der Waals surface area contributed by atoms with Crippen molar-refractivity contribution in [2.75, 3.05) is 12.4 Å². The second kappa shape index (κ2) is 6.73. The van der Waals surface area contributed by atoms with Gasteiger partial charge in [0.05, 0.1) is 18.1 Å². The van der Waals surface area contributed by atoms with Gasteiger partial charge >= 0.3 is 0 Å². The lowest BCUT2D eigenvalue weighted by Gasteiger charge is -2.09. The minimum atomic E-state index is -0.614. The van der Waals surface area contributed by atoms with Gasteiger partial charge in [0.15, 0.2) is 0 Å². The monoisotopic (exact) mass is 317 g/mol. The maximum atomic E-state index is 12.0. The van der Waals surface area contributed by atoms with Crippen molar-refractivity contribution in [1.82, 2.24) is 4.57 Å². The van der Waals surface area contributed by atoms with Gasteiger partial charge in [0, 0.05) is 12.3 Å². The molecule has 23 heavy (non-hydrogen) atoms. The number of hydrogen-bond donors (Lipinski definition) is 1. The Morgan fingerprint density at radius 1 is 1.35 bits per heavy atom. The summed E-state index contributed by atoms with van der Waals surface area (Å²) in [6.07, 6.45) is 1.55. The van der Waals surface area contributed by atoms with Crippen molar-refractivity contribution < 1.29 is 14.5 Å². The highest BCUT2D eigenvalue weighted by Gasteiger charge is 2.17. The van der Waals surface area contributed by atoms with Gasteiger partial charge in [-0.05, 0) is 24.6 Å². The lowest BCUT2D eigenvalue weighted by atomic mass is 10.2. The largest absolute Gasteiger partial charge is 0.496 e. The number of amides is 1. The topological polar surface area (TPSA) is 103 Å². The molecule has 0 aliphatic carbocycles. The maximum absolute atomic E-state index is 12.0. The Hall–Kier alpha value is -3.16. The second-order valence-electron chi connectivity index (χ2n) is 4.86. The normalized spacial score (nSPS) is 10.2. The van der Waals surface area contributed by atoms with Gasteiger partial charge < -0.3 is 14.6 Å². The van der Waals surface area contributed by atoms with Crippen LogP contribution in [0.1, 0.15) is 5.56 Å². The van der Waals surface area contributed by atoms with Crippen LogP contribution in [-0.4, -0.2) is 22.5 Å². The van der Waals surface area contributed by atoms with Crippen LogP contribution in [-0.2, 0) is 11.3 Å². The molecule has 1 aromatic carbocycles. The highest BCUT2D eigenvalue weighted by molar-refractivity contribution is 5.93. The zero-order valence-electron chi connectivity index (χ0n) is 12.6. The Labute approximate surface area is 131 Å². The van der Waals surface area contributed by atoms with Crippen LogP contribution in [0.3, 0.4) is 0 Å². The predicted octanol–water partition coefficient (Wildman–Crippen LogP) is 1.71. The van der Waals surface area contributed by atoms with Crippen LogP contribution in [0.2, 0.25) is 0 Å². The van der Waals surface area contributed by atoms with Crippen LogP contribution in [0.5, 0.6) is 5.75 Å². The number of aromatic nitrogens is 1. The van der Waals surface area contributed by atoms with Gasteiger partial charge in [-0.2, -0.15) is 0 Å². The highest BCUT2D eigenvalue weighted by Crippen LogP contribution is 2.28. The van der Waals surface area contributed by atoms with E-state index in [9.17, 15) is 19.7 Å².